The van der Waals surface area contributed by atoms with Gasteiger partial charge >= 0.3 is 5.97 Å². The number of hydrogen-bond acceptors (Lipinski definition) is 4. The molecule has 1 aliphatic carbocycles. The van der Waals surface area contributed by atoms with Crippen molar-refractivity contribution < 1.29 is 19.4 Å². The third kappa shape index (κ3) is 3.62. The van der Waals surface area contributed by atoms with Crippen LogP contribution < -0.4 is 15.0 Å². The van der Waals surface area contributed by atoms with E-state index < -0.39 is 5.97 Å². The van der Waals surface area contributed by atoms with Crippen molar-refractivity contribution in [3.63, 3.8) is 0 Å². The minimum absolute atomic E-state index is 0.0841. The first kappa shape index (κ1) is 19.0. The standard InChI is InChI=1S/C24H26N2O4/c27-22(28)11-18-14-30-21-12-19(8-9-20(18)21)25-13-17-4-1-3-15-5-2-10-26(23(15)17)24(29)16-6-7-16/h1,3-4,8-9,12,16,18,25H,2,5-7,10-11,13-14H2,(H,27,28). The molecule has 156 valence electrons. The topological polar surface area (TPSA) is 78.9 Å². The average molecular weight is 406 g/mol. The Morgan fingerprint density at radius 3 is 2.87 bits per heavy atom. The summed E-state index contributed by atoms with van der Waals surface area (Å²) in [5.41, 5.74) is 5.36. The summed E-state index contributed by atoms with van der Waals surface area (Å²) in [5.74, 6) is 0.350. The van der Waals surface area contributed by atoms with Gasteiger partial charge in [-0.1, -0.05) is 24.3 Å². The number of hydrogen-bond donors (Lipinski definition) is 2. The molecule has 1 atom stereocenters. The van der Waals surface area contributed by atoms with E-state index in [1.165, 1.54) is 5.56 Å². The van der Waals surface area contributed by atoms with Crippen LogP contribution in [0, 0.1) is 5.92 Å². The molecule has 0 spiro atoms. The predicted octanol–water partition coefficient (Wildman–Crippen LogP) is 3.94. The Bertz CT molecular complexity index is 999. The van der Waals surface area contributed by atoms with Gasteiger partial charge in [-0.2, -0.15) is 0 Å². The minimum Gasteiger partial charge on any atom is -0.493 e. The van der Waals surface area contributed by atoms with E-state index in [4.69, 9.17) is 9.84 Å². The third-order valence-electron chi connectivity index (χ3n) is 6.29. The van der Waals surface area contributed by atoms with Crippen molar-refractivity contribution in [3.05, 3.63) is 53.1 Å². The van der Waals surface area contributed by atoms with E-state index in [1.54, 1.807) is 0 Å². The van der Waals surface area contributed by atoms with Crippen molar-refractivity contribution in [2.45, 2.75) is 44.6 Å². The maximum Gasteiger partial charge on any atom is 0.304 e. The number of nitrogens with zero attached hydrogens (tertiary/aromatic N) is 1. The normalized spacial score (nSPS) is 19.6. The van der Waals surface area contributed by atoms with E-state index in [0.717, 1.165) is 60.5 Å². The van der Waals surface area contributed by atoms with Gasteiger partial charge in [0.2, 0.25) is 5.91 Å². The summed E-state index contributed by atoms with van der Waals surface area (Å²) in [6, 6.07) is 12.2. The van der Waals surface area contributed by atoms with E-state index in [1.807, 2.05) is 23.1 Å². The number of aliphatic carboxylic acids is 1. The fourth-order valence-electron chi connectivity index (χ4n) is 4.61. The molecule has 0 aromatic heterocycles. The molecule has 0 radical (unpaired) electrons. The number of fused-ring (bicyclic) bond motifs is 2. The molecule has 6 nitrogen and oxygen atoms in total. The van der Waals surface area contributed by atoms with E-state index in [0.29, 0.717) is 13.2 Å². The van der Waals surface area contributed by atoms with Gasteiger partial charge in [-0.3, -0.25) is 9.59 Å². The highest BCUT2D eigenvalue weighted by Crippen LogP contribution is 2.39. The summed E-state index contributed by atoms with van der Waals surface area (Å²) in [5, 5.41) is 12.5. The number of anilines is 2. The monoisotopic (exact) mass is 406 g/mol. The number of carbonyl (C=O) groups excluding carboxylic acids is 1. The number of nitrogens with one attached hydrogen (secondary N) is 1. The fourth-order valence-corrected chi connectivity index (χ4v) is 4.61. The molecule has 2 aromatic rings. The van der Waals surface area contributed by atoms with Crippen LogP contribution in [0.4, 0.5) is 11.4 Å². The fraction of sp³-hybridized carbons (Fsp3) is 0.417. The number of carboxylic acids is 1. The van der Waals surface area contributed by atoms with Gasteiger partial charge in [-0.05, 0) is 42.9 Å². The number of aryl methyl sites for hydroxylation is 1. The summed E-state index contributed by atoms with van der Waals surface area (Å²) >= 11 is 0. The maximum atomic E-state index is 12.8. The van der Waals surface area contributed by atoms with Crippen molar-refractivity contribution in [1.82, 2.24) is 0 Å². The Kier molecular flexibility index (Phi) is 4.85. The highest BCUT2D eigenvalue weighted by molar-refractivity contribution is 5.98. The first-order valence-electron chi connectivity index (χ1n) is 10.7. The smallest absolute Gasteiger partial charge is 0.304 e. The van der Waals surface area contributed by atoms with Gasteiger partial charge in [0.05, 0.1) is 18.7 Å². The van der Waals surface area contributed by atoms with Crippen LogP contribution >= 0.6 is 0 Å². The van der Waals surface area contributed by atoms with Crippen molar-refractivity contribution in [2.24, 2.45) is 5.92 Å². The summed E-state index contributed by atoms with van der Waals surface area (Å²) in [6.07, 6.45) is 4.14. The molecule has 30 heavy (non-hydrogen) atoms. The minimum atomic E-state index is -0.808. The number of rotatable bonds is 6. The van der Waals surface area contributed by atoms with Crippen molar-refractivity contribution >= 4 is 23.3 Å². The first-order chi connectivity index (χ1) is 14.6. The van der Waals surface area contributed by atoms with Crippen LogP contribution in [0.1, 0.15) is 48.3 Å². The van der Waals surface area contributed by atoms with Gasteiger partial charge in [0, 0.05) is 42.2 Å². The molecule has 0 saturated heterocycles. The molecular weight excluding hydrogens is 380 g/mol. The molecule has 2 aromatic carbocycles. The number of carboxylic acid groups (broad SMARTS) is 1. The molecule has 2 aliphatic heterocycles. The van der Waals surface area contributed by atoms with E-state index >= 15 is 0 Å². The lowest BCUT2D eigenvalue weighted by atomic mass is 9.96. The van der Waals surface area contributed by atoms with Crippen LogP contribution in [0.2, 0.25) is 0 Å². The number of carbonyl (C=O) groups is 2. The van der Waals surface area contributed by atoms with Crippen LogP contribution in [0.3, 0.4) is 0 Å². The number of para-hydroxylation sites is 1. The molecule has 1 saturated carbocycles. The Morgan fingerprint density at radius 2 is 2.07 bits per heavy atom. The third-order valence-corrected chi connectivity index (χ3v) is 6.29. The molecule has 1 fully saturated rings. The number of ether oxygens (including phenoxy) is 1. The van der Waals surface area contributed by atoms with Crippen molar-refractivity contribution in [3.8, 4) is 5.75 Å². The number of benzene rings is 2. The van der Waals surface area contributed by atoms with E-state index in [2.05, 4.69) is 23.5 Å². The van der Waals surface area contributed by atoms with Crippen molar-refractivity contribution in [1.29, 1.82) is 0 Å². The lowest BCUT2D eigenvalue weighted by Crippen LogP contribution is -2.37. The van der Waals surface area contributed by atoms with Gasteiger partial charge in [0.25, 0.3) is 0 Å². The second-order valence-electron chi connectivity index (χ2n) is 8.50. The summed E-state index contributed by atoms with van der Waals surface area (Å²) in [6.45, 7) is 1.83. The predicted molar refractivity (Wildman–Crippen MR) is 114 cm³/mol. The molecule has 0 bridgehead atoms. The van der Waals surface area contributed by atoms with Crippen molar-refractivity contribution in [2.75, 3.05) is 23.4 Å². The highest BCUT2D eigenvalue weighted by atomic mass is 16.5. The van der Waals surface area contributed by atoms with Crippen LogP contribution in [-0.4, -0.2) is 30.1 Å². The quantitative estimate of drug-likeness (QED) is 0.760. The molecule has 6 heteroatoms. The Morgan fingerprint density at radius 1 is 1.20 bits per heavy atom. The lowest BCUT2D eigenvalue weighted by molar-refractivity contribution is -0.137. The largest absolute Gasteiger partial charge is 0.493 e. The Labute approximate surface area is 175 Å². The zero-order chi connectivity index (χ0) is 20.7. The molecule has 1 unspecified atom stereocenters. The van der Waals surface area contributed by atoms with Gasteiger partial charge in [-0.15, -0.1) is 0 Å². The molecule has 3 aliphatic rings. The highest BCUT2D eigenvalue weighted by Gasteiger charge is 2.36. The maximum absolute atomic E-state index is 12.8. The molecule has 2 heterocycles. The van der Waals surface area contributed by atoms with Gasteiger partial charge in [0.15, 0.2) is 0 Å². The second kappa shape index (κ2) is 7.67. The van der Waals surface area contributed by atoms with E-state index in [-0.39, 0.29) is 24.2 Å². The van der Waals surface area contributed by atoms with Crippen LogP contribution in [0.5, 0.6) is 5.75 Å². The summed E-state index contributed by atoms with van der Waals surface area (Å²) in [7, 11) is 0. The molecule has 5 rings (SSSR count). The SMILES string of the molecule is O=C(O)CC1COc2cc(NCc3cccc4c3N(C(=O)C3CC3)CCC4)ccc21. The zero-order valence-corrected chi connectivity index (χ0v) is 16.9. The van der Waals surface area contributed by atoms with Crippen LogP contribution in [0.15, 0.2) is 36.4 Å². The average Bonchev–Trinajstić information content (AvgIpc) is 3.53. The second-order valence-corrected chi connectivity index (χ2v) is 8.50. The van der Waals surface area contributed by atoms with Gasteiger partial charge < -0.3 is 20.1 Å². The lowest BCUT2D eigenvalue weighted by Gasteiger charge is -2.32. The summed E-state index contributed by atoms with van der Waals surface area (Å²) < 4.78 is 5.72. The van der Waals surface area contributed by atoms with Gasteiger partial charge in [-0.25, -0.2) is 0 Å². The number of amides is 1. The van der Waals surface area contributed by atoms with E-state index in [9.17, 15) is 9.59 Å². The first-order valence-corrected chi connectivity index (χ1v) is 10.7. The van der Waals surface area contributed by atoms with Crippen LogP contribution in [-0.2, 0) is 22.6 Å². The molecule has 2 N–H and O–H groups in total. The Balaban J connectivity index is 1.34. The zero-order valence-electron chi connectivity index (χ0n) is 16.9. The van der Waals surface area contributed by atoms with Gasteiger partial charge in [0.1, 0.15) is 5.75 Å². The Hall–Kier alpha value is -3.02. The summed E-state index contributed by atoms with van der Waals surface area (Å²) in [4.78, 5) is 25.9. The van der Waals surface area contributed by atoms with Crippen LogP contribution in [0.25, 0.3) is 0 Å². The molecular formula is C24H26N2O4. The molecule has 1 amide bonds.